The molecular weight excluding hydrogens is 180 g/mol. The van der Waals surface area contributed by atoms with Crippen LogP contribution in [0, 0.1) is 0 Å². The van der Waals surface area contributed by atoms with E-state index in [4.69, 9.17) is 4.74 Å². The Kier molecular flexibility index (Phi) is 2.93. The minimum atomic E-state index is -0.410. The summed E-state index contributed by atoms with van der Waals surface area (Å²) in [5.74, 6) is -0.214. The molecule has 4 nitrogen and oxygen atoms in total. The third kappa shape index (κ3) is 3.60. The molecule has 0 aliphatic heterocycles. The van der Waals surface area contributed by atoms with E-state index in [1.165, 1.54) is 0 Å². The number of carbonyl (C=O) groups is 1. The van der Waals surface area contributed by atoms with Crippen LogP contribution in [0.4, 0.5) is 0 Å². The van der Waals surface area contributed by atoms with Gasteiger partial charge in [-0.15, -0.1) is 0 Å². The number of aryl methyl sites for hydroxylation is 1. The number of carbonyl (C=O) groups excluding carboxylic acids is 1. The van der Waals surface area contributed by atoms with E-state index in [-0.39, 0.29) is 12.5 Å². The number of ether oxygens (including phenoxy) is 1. The molecule has 0 saturated carbocycles. The van der Waals surface area contributed by atoms with Crippen LogP contribution < -0.4 is 4.57 Å². The number of esters is 1. The maximum atomic E-state index is 11.4. The zero-order chi connectivity index (χ0) is 10.8. The lowest BCUT2D eigenvalue weighted by Crippen LogP contribution is -2.27. The molecule has 78 valence electrons. The zero-order valence-electron chi connectivity index (χ0n) is 9.15. The molecule has 0 unspecified atom stereocenters. The molecule has 0 radical (unpaired) electrons. The third-order valence-electron chi connectivity index (χ3n) is 1.56. The Bertz CT molecular complexity index is 323. The van der Waals surface area contributed by atoms with Gasteiger partial charge in [0.2, 0.25) is 6.33 Å². The number of imidazole rings is 1. The lowest BCUT2D eigenvalue weighted by Gasteiger charge is -2.18. The number of hydrogen-bond acceptors (Lipinski definition) is 2. The molecule has 1 rings (SSSR count). The Morgan fingerprint density at radius 1 is 1.50 bits per heavy atom. The SMILES string of the molecule is C[n+]1ccn(CC(=O)OC(C)(C)C)c1. The topological polar surface area (TPSA) is 35.1 Å². The van der Waals surface area contributed by atoms with Crippen molar-refractivity contribution in [1.82, 2.24) is 4.57 Å². The van der Waals surface area contributed by atoms with Crippen LogP contribution in [0.5, 0.6) is 0 Å². The van der Waals surface area contributed by atoms with Gasteiger partial charge in [-0.3, -0.25) is 0 Å². The summed E-state index contributed by atoms with van der Waals surface area (Å²) in [6.45, 7) is 5.85. The first-order chi connectivity index (χ1) is 6.37. The van der Waals surface area contributed by atoms with Gasteiger partial charge in [-0.25, -0.2) is 13.9 Å². The maximum Gasteiger partial charge on any atom is 0.349 e. The number of nitrogens with zero attached hydrogens (tertiary/aromatic N) is 2. The Morgan fingerprint density at radius 2 is 2.14 bits per heavy atom. The molecule has 1 aromatic heterocycles. The van der Waals surface area contributed by atoms with Crippen LogP contribution in [0.15, 0.2) is 18.7 Å². The predicted octanol–water partition coefficient (Wildman–Crippen LogP) is 0.654. The fourth-order valence-corrected chi connectivity index (χ4v) is 1.12. The van der Waals surface area contributed by atoms with E-state index in [0.29, 0.717) is 0 Å². The summed E-state index contributed by atoms with van der Waals surface area (Å²) in [5, 5.41) is 0. The predicted molar refractivity (Wildman–Crippen MR) is 51.5 cm³/mol. The summed E-state index contributed by atoms with van der Waals surface area (Å²) >= 11 is 0. The van der Waals surface area contributed by atoms with Crippen LogP contribution in [-0.4, -0.2) is 16.1 Å². The highest BCUT2D eigenvalue weighted by Gasteiger charge is 2.18. The minimum absolute atomic E-state index is 0.214. The summed E-state index contributed by atoms with van der Waals surface area (Å²) in [6.07, 6.45) is 5.55. The molecule has 0 saturated heterocycles. The number of rotatable bonds is 2. The fourth-order valence-electron chi connectivity index (χ4n) is 1.12. The lowest BCUT2D eigenvalue weighted by atomic mass is 10.2. The highest BCUT2D eigenvalue weighted by molar-refractivity contribution is 5.69. The van der Waals surface area contributed by atoms with E-state index >= 15 is 0 Å². The lowest BCUT2D eigenvalue weighted by molar-refractivity contribution is -0.671. The molecular formula is C10H17N2O2+. The smallest absolute Gasteiger partial charge is 0.349 e. The zero-order valence-corrected chi connectivity index (χ0v) is 9.15. The van der Waals surface area contributed by atoms with Crippen LogP contribution in [0.3, 0.4) is 0 Å². The second-order valence-corrected chi connectivity index (χ2v) is 4.34. The van der Waals surface area contributed by atoms with Crippen LogP contribution in [-0.2, 0) is 23.1 Å². The van der Waals surface area contributed by atoms with Crippen molar-refractivity contribution in [2.45, 2.75) is 32.9 Å². The first-order valence-electron chi connectivity index (χ1n) is 4.60. The third-order valence-corrected chi connectivity index (χ3v) is 1.56. The summed E-state index contributed by atoms with van der Waals surface area (Å²) < 4.78 is 8.85. The highest BCUT2D eigenvalue weighted by atomic mass is 16.6. The Labute approximate surface area is 84.1 Å². The normalized spacial score (nSPS) is 11.4. The van der Waals surface area contributed by atoms with Gasteiger partial charge >= 0.3 is 5.97 Å². The van der Waals surface area contributed by atoms with Crippen molar-refractivity contribution in [3.63, 3.8) is 0 Å². The van der Waals surface area contributed by atoms with Crippen LogP contribution in [0.1, 0.15) is 20.8 Å². The van der Waals surface area contributed by atoms with Gasteiger partial charge in [0.05, 0.1) is 7.05 Å². The van der Waals surface area contributed by atoms with Gasteiger partial charge in [-0.05, 0) is 20.8 Å². The molecule has 0 spiro atoms. The van der Waals surface area contributed by atoms with Crippen molar-refractivity contribution in [2.75, 3.05) is 0 Å². The van der Waals surface area contributed by atoms with Gasteiger partial charge in [0.1, 0.15) is 18.0 Å². The van der Waals surface area contributed by atoms with Gasteiger partial charge < -0.3 is 4.74 Å². The number of hydrogen-bond donors (Lipinski definition) is 0. The van der Waals surface area contributed by atoms with E-state index < -0.39 is 5.60 Å². The summed E-state index contributed by atoms with van der Waals surface area (Å²) in [5.41, 5.74) is -0.410. The van der Waals surface area contributed by atoms with E-state index in [9.17, 15) is 4.79 Å². The van der Waals surface area contributed by atoms with E-state index in [0.717, 1.165) is 0 Å². The highest BCUT2D eigenvalue weighted by Crippen LogP contribution is 2.07. The minimum Gasteiger partial charge on any atom is -0.457 e. The summed E-state index contributed by atoms with van der Waals surface area (Å²) in [6, 6.07) is 0. The monoisotopic (exact) mass is 197 g/mol. The van der Waals surface area contributed by atoms with E-state index in [1.54, 1.807) is 4.57 Å². The molecule has 0 N–H and O–H groups in total. The molecule has 0 aromatic carbocycles. The second kappa shape index (κ2) is 3.82. The fraction of sp³-hybridized carbons (Fsp3) is 0.600. The average Bonchev–Trinajstić information content (AvgIpc) is 2.30. The van der Waals surface area contributed by atoms with E-state index in [2.05, 4.69) is 0 Å². The van der Waals surface area contributed by atoms with Crippen molar-refractivity contribution < 1.29 is 14.1 Å². The van der Waals surface area contributed by atoms with Crippen molar-refractivity contribution in [3.8, 4) is 0 Å². The molecule has 0 fully saturated rings. The maximum absolute atomic E-state index is 11.4. The van der Waals surface area contributed by atoms with Crippen molar-refractivity contribution in [2.24, 2.45) is 7.05 Å². The van der Waals surface area contributed by atoms with Gasteiger partial charge in [0.25, 0.3) is 0 Å². The van der Waals surface area contributed by atoms with Crippen LogP contribution in [0.2, 0.25) is 0 Å². The van der Waals surface area contributed by atoms with Crippen LogP contribution in [0.25, 0.3) is 0 Å². The van der Waals surface area contributed by atoms with Crippen LogP contribution >= 0.6 is 0 Å². The average molecular weight is 197 g/mol. The van der Waals surface area contributed by atoms with Gasteiger partial charge in [0, 0.05) is 0 Å². The number of aromatic nitrogens is 2. The molecule has 0 bridgehead atoms. The summed E-state index contributed by atoms with van der Waals surface area (Å²) in [4.78, 5) is 11.4. The quantitative estimate of drug-likeness (QED) is 0.515. The first kappa shape index (κ1) is 10.8. The molecule has 4 heteroatoms. The summed E-state index contributed by atoms with van der Waals surface area (Å²) in [7, 11) is 1.91. The van der Waals surface area contributed by atoms with Crippen molar-refractivity contribution >= 4 is 5.97 Å². The Balaban J connectivity index is 2.50. The molecule has 14 heavy (non-hydrogen) atoms. The van der Waals surface area contributed by atoms with E-state index in [1.807, 2.05) is 51.1 Å². The standard InChI is InChI=1S/C10H17N2O2/c1-10(2,3)14-9(13)7-12-6-5-11(4)8-12/h5-6,8H,7H2,1-4H3/q+1. The molecule has 0 aliphatic carbocycles. The molecule has 0 amide bonds. The first-order valence-corrected chi connectivity index (χ1v) is 4.60. The second-order valence-electron chi connectivity index (χ2n) is 4.34. The Morgan fingerprint density at radius 3 is 2.57 bits per heavy atom. The van der Waals surface area contributed by atoms with Gasteiger partial charge in [-0.2, -0.15) is 0 Å². The largest absolute Gasteiger partial charge is 0.457 e. The van der Waals surface area contributed by atoms with Crippen molar-refractivity contribution in [1.29, 1.82) is 0 Å². The molecule has 0 atom stereocenters. The molecule has 1 heterocycles. The Hall–Kier alpha value is -1.32. The van der Waals surface area contributed by atoms with Gasteiger partial charge in [-0.1, -0.05) is 0 Å². The van der Waals surface area contributed by atoms with Gasteiger partial charge in [0.15, 0.2) is 6.54 Å². The van der Waals surface area contributed by atoms with Crippen molar-refractivity contribution in [3.05, 3.63) is 18.7 Å². The molecule has 1 aromatic rings. The molecule has 0 aliphatic rings.